The molecular formula is C23H20F6N2O5RuS2. The van der Waals surface area contributed by atoms with Crippen molar-refractivity contribution in [3.05, 3.63) is 120 Å². The van der Waals surface area contributed by atoms with Gasteiger partial charge in [0.05, 0.1) is 5.56 Å². The Balaban J connectivity index is 0.00000126. The molecule has 0 bridgehead atoms. The van der Waals surface area contributed by atoms with E-state index in [0.29, 0.717) is 23.3 Å². The zero-order chi connectivity index (χ0) is 28.1. The van der Waals surface area contributed by atoms with Crippen molar-refractivity contribution in [2.24, 2.45) is 0 Å². The maximum Gasteiger partial charge on any atom is 4.00 e. The summed E-state index contributed by atoms with van der Waals surface area (Å²) in [6.45, 7) is 0. The van der Waals surface area contributed by atoms with Crippen molar-refractivity contribution < 1.29 is 67.2 Å². The average Bonchev–Trinajstić information content (AvgIpc) is 2.82. The van der Waals surface area contributed by atoms with E-state index in [4.69, 9.17) is 18.7 Å². The fourth-order valence-corrected chi connectivity index (χ4v) is 3.98. The normalized spacial score (nSPS) is 13.5. The second kappa shape index (κ2) is 14.3. The summed E-state index contributed by atoms with van der Waals surface area (Å²) < 4.78 is 127. The number of sulfonamides is 1. The van der Waals surface area contributed by atoms with Crippen molar-refractivity contribution in [1.82, 2.24) is 0 Å². The first-order chi connectivity index (χ1) is 16.9. The predicted molar refractivity (Wildman–Crippen MR) is 127 cm³/mol. The molecule has 3 aromatic rings. The maximum absolute atomic E-state index is 12.8. The van der Waals surface area contributed by atoms with Crippen molar-refractivity contribution in [2.45, 2.75) is 28.7 Å². The molecule has 0 heterocycles. The fourth-order valence-electron chi connectivity index (χ4n) is 2.83. The van der Waals surface area contributed by atoms with E-state index in [-0.39, 0.29) is 31.8 Å². The van der Waals surface area contributed by atoms with Crippen LogP contribution in [0, 0.1) is 7.43 Å². The minimum Gasteiger partial charge on any atom is -0.741 e. The topological polar surface area (TPSA) is 129 Å². The van der Waals surface area contributed by atoms with Crippen molar-refractivity contribution in [3.8, 4) is 0 Å². The molecule has 0 aromatic heterocycles. The number of hydrogen-bond acceptors (Lipinski definition) is 5. The summed E-state index contributed by atoms with van der Waals surface area (Å²) in [4.78, 5) is -0.355. The minimum absolute atomic E-state index is 0. The Bertz CT molecular complexity index is 1370. The van der Waals surface area contributed by atoms with Crippen molar-refractivity contribution in [1.29, 1.82) is 0 Å². The van der Waals surface area contributed by atoms with Gasteiger partial charge in [-0.2, -0.15) is 26.3 Å². The van der Waals surface area contributed by atoms with Gasteiger partial charge >= 0.3 is 31.2 Å². The van der Waals surface area contributed by atoms with Crippen LogP contribution in [-0.2, 0) is 45.8 Å². The van der Waals surface area contributed by atoms with E-state index < -0.39 is 49.5 Å². The summed E-state index contributed by atoms with van der Waals surface area (Å²) in [5, 5.41) is 0. The van der Waals surface area contributed by atoms with E-state index in [1.54, 1.807) is 60.7 Å². The molecule has 0 saturated carbocycles. The zero-order valence-electron chi connectivity index (χ0n) is 19.7. The number of halogens is 6. The van der Waals surface area contributed by atoms with Crippen LogP contribution in [0.2, 0.25) is 0 Å². The first-order valence-corrected chi connectivity index (χ1v) is 12.8. The molecule has 39 heavy (non-hydrogen) atoms. The number of rotatable bonds is 6. The van der Waals surface area contributed by atoms with Crippen LogP contribution in [-0.4, -0.2) is 26.9 Å². The summed E-state index contributed by atoms with van der Waals surface area (Å²) >= 11 is 0. The molecule has 0 spiro atoms. The molecular weight excluding hydrogens is 663 g/mol. The van der Waals surface area contributed by atoms with Gasteiger partial charge in [0, 0.05) is 4.90 Å². The van der Waals surface area contributed by atoms with Crippen molar-refractivity contribution in [2.75, 3.05) is 0 Å². The monoisotopic (exact) mass is 684 g/mol. The van der Waals surface area contributed by atoms with Gasteiger partial charge < -0.3 is 22.4 Å². The van der Waals surface area contributed by atoms with Gasteiger partial charge in [-0.25, -0.2) is 16.8 Å². The molecule has 7 nitrogen and oxygen atoms in total. The Kier molecular flexibility index (Phi) is 13.5. The summed E-state index contributed by atoms with van der Waals surface area (Å²) in [6.07, 6.45) is -4.56. The summed E-state index contributed by atoms with van der Waals surface area (Å²) in [5.74, 6) is 0. The van der Waals surface area contributed by atoms with E-state index in [1.165, 1.54) is 0 Å². The SMILES string of the molecule is O=S(=O)([O-])C(F)(F)F.[CH3-].[NH-][C@H](c1ccccc1)C([N-]S(=O)(=O)c1ccc(C(F)(F)F)cc1)c1ccccc1.[Ru+4]. The van der Waals surface area contributed by atoms with Gasteiger partial charge in [0.25, 0.3) is 0 Å². The number of hydrogen-bond donors (Lipinski definition) is 0. The Hall–Kier alpha value is -2.36. The van der Waals surface area contributed by atoms with E-state index in [9.17, 15) is 34.8 Å². The molecule has 0 radical (unpaired) electrons. The number of nitrogens with one attached hydrogen (secondary N) is 1. The van der Waals surface area contributed by atoms with E-state index >= 15 is 0 Å². The first kappa shape index (κ1) is 36.6. The van der Waals surface area contributed by atoms with Crippen molar-refractivity contribution in [3.63, 3.8) is 0 Å². The first-order valence-electron chi connectivity index (χ1n) is 9.91. The summed E-state index contributed by atoms with van der Waals surface area (Å²) in [7, 11) is -10.4. The Morgan fingerprint density at radius 3 is 1.46 bits per heavy atom. The average molecular weight is 684 g/mol. The van der Waals surface area contributed by atoms with Crippen LogP contribution in [0.5, 0.6) is 0 Å². The predicted octanol–water partition coefficient (Wildman–Crippen LogP) is 6.80. The molecule has 1 N–H and O–H groups in total. The molecule has 0 amide bonds. The molecule has 0 aliphatic rings. The van der Waals surface area contributed by atoms with Gasteiger partial charge in [0.2, 0.25) is 0 Å². The molecule has 3 rings (SSSR count). The van der Waals surface area contributed by atoms with Crippen LogP contribution >= 0.6 is 0 Å². The number of nitrogens with zero attached hydrogens (tertiary/aromatic N) is 1. The second-order valence-electron chi connectivity index (χ2n) is 7.25. The molecule has 16 heteroatoms. The minimum atomic E-state index is -6.09. The van der Waals surface area contributed by atoms with Crippen LogP contribution in [0.15, 0.2) is 89.8 Å². The largest absolute Gasteiger partial charge is 4.00 e. The van der Waals surface area contributed by atoms with Gasteiger partial charge in [-0.1, -0.05) is 71.8 Å². The van der Waals surface area contributed by atoms with E-state index in [1.807, 2.05) is 0 Å². The third-order valence-corrected chi connectivity index (χ3v) is 6.57. The molecule has 0 aliphatic heterocycles. The van der Waals surface area contributed by atoms with Gasteiger partial charge in [0.15, 0.2) is 10.1 Å². The molecule has 2 atom stereocenters. The Morgan fingerprint density at radius 2 is 1.10 bits per heavy atom. The number of benzene rings is 3. The zero-order valence-corrected chi connectivity index (χ0v) is 23.0. The second-order valence-corrected chi connectivity index (χ2v) is 10.2. The van der Waals surface area contributed by atoms with Crippen LogP contribution in [0.1, 0.15) is 28.8 Å². The standard InChI is InChI=1S/C21H17F3N2O2S.CHF3O3S.CH3.Ru/c22-21(23,24)17-11-13-18(14-12-17)29(27,28)26-20(16-9-5-2-6-10-16)19(25)15-7-3-1-4-8-15;2-1(3,4)8(5,6)7;;/h1-14,19-20,25H;(H,5,6,7);1H3;/q-2;;-1;+4/p-1/t19-,20?;;;/m1.../s1. The molecule has 1 unspecified atom stereocenters. The van der Waals surface area contributed by atoms with Crippen LogP contribution < -0.4 is 0 Å². The van der Waals surface area contributed by atoms with E-state index in [2.05, 4.69) is 4.72 Å². The molecule has 214 valence electrons. The summed E-state index contributed by atoms with van der Waals surface area (Å²) in [5.41, 5.74) is 3.06. The molecule has 0 fully saturated rings. The smallest absolute Gasteiger partial charge is 0.741 e. The van der Waals surface area contributed by atoms with Gasteiger partial charge in [-0.15, -0.1) is 12.1 Å². The van der Waals surface area contributed by atoms with Gasteiger partial charge in [-0.3, -0.25) is 0 Å². The van der Waals surface area contributed by atoms with Crippen LogP contribution in [0.4, 0.5) is 26.3 Å². The van der Waals surface area contributed by atoms with E-state index in [0.717, 1.165) is 12.1 Å². The molecule has 0 saturated heterocycles. The van der Waals surface area contributed by atoms with Crippen LogP contribution in [0.25, 0.3) is 10.5 Å². The number of alkyl halides is 6. The maximum atomic E-state index is 12.8. The third-order valence-electron chi connectivity index (χ3n) is 4.63. The fraction of sp³-hybridized carbons (Fsp3) is 0.174. The Labute approximate surface area is 235 Å². The summed E-state index contributed by atoms with van der Waals surface area (Å²) in [6, 6.07) is 18.3. The van der Waals surface area contributed by atoms with Crippen molar-refractivity contribution >= 4 is 20.1 Å². The van der Waals surface area contributed by atoms with Crippen LogP contribution in [0.3, 0.4) is 0 Å². The Morgan fingerprint density at radius 1 is 0.718 bits per heavy atom. The van der Waals surface area contributed by atoms with Gasteiger partial charge in [-0.05, 0) is 24.3 Å². The third kappa shape index (κ3) is 10.6. The molecule has 3 aromatic carbocycles. The molecule has 0 aliphatic carbocycles. The quantitative estimate of drug-likeness (QED) is 0.0928. The van der Waals surface area contributed by atoms with Gasteiger partial charge in [0.1, 0.15) is 10.0 Å².